The number of anilines is 1. The predicted molar refractivity (Wildman–Crippen MR) is 70.8 cm³/mol. The summed E-state index contributed by atoms with van der Waals surface area (Å²) in [7, 11) is 0. The van der Waals surface area contributed by atoms with Crippen molar-refractivity contribution in [1.29, 1.82) is 0 Å². The van der Waals surface area contributed by atoms with Gasteiger partial charge < -0.3 is 10.4 Å². The number of rotatable bonds is 8. The van der Waals surface area contributed by atoms with Gasteiger partial charge in [0.05, 0.1) is 12.4 Å². The van der Waals surface area contributed by atoms with E-state index in [1.165, 1.54) is 6.20 Å². The lowest BCUT2D eigenvalue weighted by Crippen LogP contribution is -2.20. The minimum Gasteiger partial charge on any atom is -0.476 e. The number of aromatic carboxylic acids is 1. The summed E-state index contributed by atoms with van der Waals surface area (Å²) in [6.45, 7) is 4.30. The molecule has 0 saturated heterocycles. The van der Waals surface area contributed by atoms with Gasteiger partial charge in [0.15, 0.2) is 5.69 Å². The van der Waals surface area contributed by atoms with Gasteiger partial charge in [-0.1, -0.05) is 33.1 Å². The van der Waals surface area contributed by atoms with Crippen molar-refractivity contribution in [3.05, 3.63) is 18.1 Å². The molecule has 1 heterocycles. The number of carbonyl (C=O) groups is 1. The highest BCUT2D eigenvalue weighted by molar-refractivity contribution is 5.85. The third kappa shape index (κ3) is 4.69. The van der Waals surface area contributed by atoms with Crippen molar-refractivity contribution < 1.29 is 9.90 Å². The molecule has 0 aliphatic heterocycles. The van der Waals surface area contributed by atoms with E-state index in [2.05, 4.69) is 29.1 Å². The molecule has 0 saturated carbocycles. The van der Waals surface area contributed by atoms with Crippen molar-refractivity contribution in [2.45, 2.75) is 52.0 Å². The zero-order valence-corrected chi connectivity index (χ0v) is 11.0. The zero-order valence-electron chi connectivity index (χ0n) is 11.0. The van der Waals surface area contributed by atoms with Gasteiger partial charge in [-0.05, 0) is 12.8 Å². The van der Waals surface area contributed by atoms with Crippen LogP contribution in [0.15, 0.2) is 12.4 Å². The SMILES string of the molecule is CCCCC(CCC)Nc1cncc(C(=O)O)n1. The highest BCUT2D eigenvalue weighted by atomic mass is 16.4. The maximum Gasteiger partial charge on any atom is 0.356 e. The number of nitrogens with zero attached hydrogens (tertiary/aromatic N) is 2. The van der Waals surface area contributed by atoms with Crippen LogP contribution >= 0.6 is 0 Å². The van der Waals surface area contributed by atoms with E-state index >= 15 is 0 Å². The highest BCUT2D eigenvalue weighted by Gasteiger charge is 2.10. The zero-order chi connectivity index (χ0) is 13.4. The summed E-state index contributed by atoms with van der Waals surface area (Å²) in [6, 6.07) is 0.341. The number of hydrogen-bond acceptors (Lipinski definition) is 4. The number of nitrogens with one attached hydrogen (secondary N) is 1. The van der Waals surface area contributed by atoms with E-state index in [4.69, 9.17) is 5.11 Å². The van der Waals surface area contributed by atoms with Crippen LogP contribution in [0.3, 0.4) is 0 Å². The first kappa shape index (κ1) is 14.4. The maximum absolute atomic E-state index is 10.8. The van der Waals surface area contributed by atoms with Gasteiger partial charge >= 0.3 is 5.97 Å². The fraction of sp³-hybridized carbons (Fsp3) is 0.615. The Morgan fingerprint density at radius 1 is 1.33 bits per heavy atom. The molecular weight excluding hydrogens is 230 g/mol. The molecule has 0 bridgehead atoms. The molecule has 5 heteroatoms. The van der Waals surface area contributed by atoms with Crippen molar-refractivity contribution in [3.8, 4) is 0 Å². The lowest BCUT2D eigenvalue weighted by molar-refractivity contribution is 0.0690. The fourth-order valence-corrected chi connectivity index (χ4v) is 1.84. The first-order valence-electron chi connectivity index (χ1n) is 6.49. The van der Waals surface area contributed by atoms with Gasteiger partial charge in [0, 0.05) is 6.04 Å². The number of hydrogen-bond donors (Lipinski definition) is 2. The van der Waals surface area contributed by atoms with Gasteiger partial charge in [0.25, 0.3) is 0 Å². The molecule has 1 atom stereocenters. The number of carboxylic acids is 1. The van der Waals surface area contributed by atoms with Gasteiger partial charge in [-0.2, -0.15) is 0 Å². The normalized spacial score (nSPS) is 12.1. The summed E-state index contributed by atoms with van der Waals surface area (Å²) >= 11 is 0. The molecule has 0 aliphatic carbocycles. The molecule has 1 rings (SSSR count). The molecule has 2 N–H and O–H groups in total. The molecule has 0 radical (unpaired) electrons. The van der Waals surface area contributed by atoms with Crippen LogP contribution < -0.4 is 5.32 Å². The molecule has 1 aromatic heterocycles. The van der Waals surface area contributed by atoms with Gasteiger partial charge in [-0.3, -0.25) is 4.98 Å². The largest absolute Gasteiger partial charge is 0.476 e. The first-order chi connectivity index (χ1) is 8.67. The van der Waals surface area contributed by atoms with E-state index < -0.39 is 5.97 Å². The average molecular weight is 251 g/mol. The van der Waals surface area contributed by atoms with Crippen LogP contribution in [0, 0.1) is 0 Å². The summed E-state index contributed by atoms with van der Waals surface area (Å²) in [5.41, 5.74) is -0.0225. The molecule has 5 nitrogen and oxygen atoms in total. The Morgan fingerprint density at radius 3 is 2.72 bits per heavy atom. The van der Waals surface area contributed by atoms with Crippen LogP contribution in [0.5, 0.6) is 0 Å². The maximum atomic E-state index is 10.8. The monoisotopic (exact) mass is 251 g/mol. The Kier molecular flexibility index (Phi) is 6.11. The smallest absolute Gasteiger partial charge is 0.356 e. The lowest BCUT2D eigenvalue weighted by Gasteiger charge is -2.18. The molecule has 100 valence electrons. The minimum atomic E-state index is -1.05. The fourth-order valence-electron chi connectivity index (χ4n) is 1.84. The predicted octanol–water partition coefficient (Wildman–Crippen LogP) is 2.95. The molecule has 1 aromatic rings. The molecule has 0 aliphatic rings. The van der Waals surface area contributed by atoms with Crippen LogP contribution in [-0.4, -0.2) is 27.1 Å². The van der Waals surface area contributed by atoms with E-state index in [1.807, 2.05) is 0 Å². The molecule has 0 amide bonds. The van der Waals surface area contributed by atoms with Crippen LogP contribution in [-0.2, 0) is 0 Å². The van der Waals surface area contributed by atoms with Crippen molar-refractivity contribution in [1.82, 2.24) is 9.97 Å². The van der Waals surface area contributed by atoms with Crippen LogP contribution in [0.4, 0.5) is 5.82 Å². The van der Waals surface area contributed by atoms with Crippen molar-refractivity contribution in [2.24, 2.45) is 0 Å². The number of aromatic nitrogens is 2. The van der Waals surface area contributed by atoms with E-state index in [1.54, 1.807) is 6.20 Å². The van der Waals surface area contributed by atoms with Crippen molar-refractivity contribution in [3.63, 3.8) is 0 Å². The molecule has 1 unspecified atom stereocenters. The van der Waals surface area contributed by atoms with Crippen LogP contribution in [0.25, 0.3) is 0 Å². The molecule has 18 heavy (non-hydrogen) atoms. The Labute approximate surface area is 108 Å². The Hall–Kier alpha value is -1.65. The van der Waals surface area contributed by atoms with E-state index in [0.29, 0.717) is 11.9 Å². The Morgan fingerprint density at radius 2 is 2.11 bits per heavy atom. The summed E-state index contributed by atoms with van der Waals surface area (Å²) in [4.78, 5) is 18.7. The second-order valence-corrected chi connectivity index (χ2v) is 4.37. The summed E-state index contributed by atoms with van der Waals surface area (Å²) < 4.78 is 0. The second kappa shape index (κ2) is 7.63. The lowest BCUT2D eigenvalue weighted by atomic mass is 10.1. The van der Waals surface area contributed by atoms with E-state index in [0.717, 1.165) is 32.1 Å². The molecule has 0 spiro atoms. The third-order valence-electron chi connectivity index (χ3n) is 2.75. The summed E-state index contributed by atoms with van der Waals surface area (Å²) in [5.74, 6) is -0.504. The van der Waals surface area contributed by atoms with Crippen molar-refractivity contribution >= 4 is 11.8 Å². The highest BCUT2D eigenvalue weighted by Crippen LogP contribution is 2.13. The Balaban J connectivity index is 2.67. The van der Waals surface area contributed by atoms with Crippen LogP contribution in [0.2, 0.25) is 0 Å². The van der Waals surface area contributed by atoms with Gasteiger partial charge in [0.2, 0.25) is 0 Å². The van der Waals surface area contributed by atoms with Gasteiger partial charge in [-0.25, -0.2) is 9.78 Å². The quantitative estimate of drug-likeness (QED) is 0.743. The number of carboxylic acid groups (broad SMARTS) is 1. The molecule has 0 aromatic carbocycles. The van der Waals surface area contributed by atoms with E-state index in [-0.39, 0.29) is 5.69 Å². The molecule has 0 fully saturated rings. The minimum absolute atomic E-state index is 0.0225. The van der Waals surface area contributed by atoms with Crippen LogP contribution in [0.1, 0.15) is 56.4 Å². The Bertz CT molecular complexity index is 382. The summed E-state index contributed by atoms with van der Waals surface area (Å²) in [6.07, 6.45) is 8.36. The van der Waals surface area contributed by atoms with Gasteiger partial charge in [0.1, 0.15) is 5.82 Å². The molecular formula is C13H21N3O2. The average Bonchev–Trinajstić information content (AvgIpc) is 2.36. The van der Waals surface area contributed by atoms with E-state index in [9.17, 15) is 4.79 Å². The van der Waals surface area contributed by atoms with Gasteiger partial charge in [-0.15, -0.1) is 0 Å². The third-order valence-corrected chi connectivity index (χ3v) is 2.75. The van der Waals surface area contributed by atoms with Crippen molar-refractivity contribution in [2.75, 3.05) is 5.32 Å². The second-order valence-electron chi connectivity index (χ2n) is 4.37. The first-order valence-corrected chi connectivity index (χ1v) is 6.49. The topological polar surface area (TPSA) is 75.1 Å². The summed E-state index contributed by atoms with van der Waals surface area (Å²) in [5, 5.41) is 12.1. The standard InChI is InChI=1S/C13H21N3O2/c1-3-5-7-10(6-4-2)15-12-9-14-8-11(16-12)13(17)18/h8-10H,3-7H2,1-2H3,(H,15,16)(H,17,18). The number of unbranched alkanes of at least 4 members (excludes halogenated alkanes) is 1.